The van der Waals surface area contributed by atoms with Crippen molar-refractivity contribution in [2.24, 2.45) is 0 Å². The molecule has 8 heteroatoms. The molecule has 4 rings (SSSR count). The highest BCUT2D eigenvalue weighted by Gasteiger charge is 2.27. The minimum absolute atomic E-state index is 0.0859. The zero-order valence-corrected chi connectivity index (χ0v) is 20.2. The zero-order chi connectivity index (χ0) is 25.7. The first-order chi connectivity index (χ1) is 17.3. The largest absolute Gasteiger partial charge is 0.528 e. The molecule has 1 aliphatic rings. The Morgan fingerprint density at radius 2 is 1.75 bits per heavy atom. The van der Waals surface area contributed by atoms with Crippen LogP contribution in [0.4, 0.5) is 9.18 Å². The molecule has 1 aliphatic heterocycles. The molecule has 7 nitrogen and oxygen atoms in total. The van der Waals surface area contributed by atoms with Crippen molar-refractivity contribution in [1.29, 1.82) is 0 Å². The van der Waals surface area contributed by atoms with E-state index in [4.69, 9.17) is 14.3 Å². The average molecular weight is 494 g/mol. The van der Waals surface area contributed by atoms with Crippen molar-refractivity contribution in [3.8, 4) is 16.9 Å². The van der Waals surface area contributed by atoms with Gasteiger partial charge >= 0.3 is 12.1 Å². The quantitative estimate of drug-likeness (QED) is 0.413. The number of carboxylic acids is 1. The second-order valence-electron chi connectivity index (χ2n) is 8.85. The Hall–Kier alpha value is -3.91. The summed E-state index contributed by atoms with van der Waals surface area (Å²) in [7, 11) is 0. The fourth-order valence-electron chi connectivity index (χ4n) is 4.21. The number of ether oxygens (including phenoxy) is 2. The van der Waals surface area contributed by atoms with Gasteiger partial charge in [0.1, 0.15) is 18.2 Å². The summed E-state index contributed by atoms with van der Waals surface area (Å²) in [5, 5.41) is 10.6. The van der Waals surface area contributed by atoms with Crippen molar-refractivity contribution in [1.82, 2.24) is 5.06 Å². The highest BCUT2D eigenvalue weighted by Crippen LogP contribution is 2.38. The molecule has 0 radical (unpaired) electrons. The molecular weight excluding hydrogens is 465 g/mol. The molecule has 0 amide bonds. The zero-order valence-electron chi connectivity index (χ0n) is 20.2. The molecule has 3 aromatic rings. The molecule has 0 saturated carbocycles. The lowest BCUT2D eigenvalue weighted by molar-refractivity contribution is -0.139. The van der Waals surface area contributed by atoms with E-state index < -0.39 is 12.1 Å². The van der Waals surface area contributed by atoms with Gasteiger partial charge in [0.2, 0.25) is 0 Å². The number of hydroxylamine groups is 2. The Kier molecular flexibility index (Phi) is 7.85. The predicted octanol–water partition coefficient (Wildman–Crippen LogP) is 5.53. The van der Waals surface area contributed by atoms with Gasteiger partial charge in [-0.2, -0.15) is 0 Å². The topological polar surface area (TPSA) is 85.3 Å². The number of halogens is 1. The molecule has 188 valence electrons. The summed E-state index contributed by atoms with van der Waals surface area (Å²) in [4.78, 5) is 28.9. The summed E-state index contributed by atoms with van der Waals surface area (Å²) in [6.07, 6.45) is -0.775. The van der Waals surface area contributed by atoms with Crippen LogP contribution in [0.25, 0.3) is 11.1 Å². The van der Waals surface area contributed by atoms with E-state index in [1.165, 1.54) is 11.1 Å². The summed E-state index contributed by atoms with van der Waals surface area (Å²) < 4.78 is 26.0. The monoisotopic (exact) mass is 493 g/mol. The second kappa shape index (κ2) is 11.2. The first-order valence-electron chi connectivity index (χ1n) is 11.8. The van der Waals surface area contributed by atoms with Crippen molar-refractivity contribution in [2.75, 3.05) is 6.54 Å². The maximum atomic E-state index is 14.7. The number of rotatable bonds is 8. The maximum Gasteiger partial charge on any atom is 0.528 e. The van der Waals surface area contributed by atoms with E-state index in [2.05, 4.69) is 0 Å². The van der Waals surface area contributed by atoms with Gasteiger partial charge in [0, 0.05) is 12.1 Å². The standard InChI is InChI=1S/C28H28FNO6/c1-18(2)35-26-14-20(15-27(31)32)8-9-23(26)21-10-11-25(29)22-12-13-30(16-24(21)22)36-28(33)34-17-19-6-4-3-5-7-19/h3-11,14,18H,12-13,15-17H2,1-2H3,(H,31,32). The van der Waals surface area contributed by atoms with Gasteiger partial charge in [-0.3, -0.25) is 4.79 Å². The normalized spacial score (nSPS) is 13.2. The van der Waals surface area contributed by atoms with Gasteiger partial charge in [-0.1, -0.05) is 48.5 Å². The number of carbonyl (C=O) groups excluding carboxylic acids is 1. The van der Waals surface area contributed by atoms with Crippen LogP contribution in [0.2, 0.25) is 0 Å². The number of aliphatic carboxylic acids is 1. The number of fused-ring (bicyclic) bond motifs is 1. The van der Waals surface area contributed by atoms with Gasteiger partial charge in [-0.15, -0.1) is 5.06 Å². The van der Waals surface area contributed by atoms with Gasteiger partial charge in [0.05, 0.1) is 19.1 Å². The number of benzene rings is 3. The van der Waals surface area contributed by atoms with Crippen LogP contribution in [-0.2, 0) is 40.4 Å². The van der Waals surface area contributed by atoms with Crippen molar-refractivity contribution in [3.05, 3.63) is 88.7 Å². The second-order valence-corrected chi connectivity index (χ2v) is 8.85. The third-order valence-corrected chi connectivity index (χ3v) is 5.78. The lowest BCUT2D eigenvalue weighted by Gasteiger charge is -2.29. The average Bonchev–Trinajstić information content (AvgIpc) is 2.83. The van der Waals surface area contributed by atoms with Crippen molar-refractivity contribution in [3.63, 3.8) is 0 Å². The van der Waals surface area contributed by atoms with Crippen molar-refractivity contribution >= 4 is 12.1 Å². The Labute approximate surface area is 209 Å². The summed E-state index contributed by atoms with van der Waals surface area (Å²) in [5.74, 6) is -0.754. The van der Waals surface area contributed by atoms with Crippen LogP contribution in [0.5, 0.6) is 5.75 Å². The SMILES string of the molecule is CC(C)Oc1cc(CC(=O)O)ccc1-c1ccc(F)c2c1CN(OC(=O)OCc1ccccc1)CC2. The third kappa shape index (κ3) is 6.20. The number of nitrogens with zero attached hydrogens (tertiary/aromatic N) is 1. The molecule has 0 aliphatic carbocycles. The van der Waals surface area contributed by atoms with Crippen LogP contribution in [0.15, 0.2) is 60.7 Å². The Balaban J connectivity index is 1.58. The van der Waals surface area contributed by atoms with E-state index in [-0.39, 0.29) is 31.5 Å². The molecule has 0 aromatic heterocycles. The van der Waals surface area contributed by atoms with Gasteiger partial charge in [-0.05, 0) is 60.2 Å². The van der Waals surface area contributed by atoms with E-state index >= 15 is 0 Å². The number of hydrogen-bond acceptors (Lipinski definition) is 6. The lowest BCUT2D eigenvalue weighted by Crippen LogP contribution is -2.34. The molecule has 3 aromatic carbocycles. The van der Waals surface area contributed by atoms with Crippen LogP contribution < -0.4 is 4.74 Å². The van der Waals surface area contributed by atoms with E-state index in [0.29, 0.717) is 41.0 Å². The third-order valence-electron chi connectivity index (χ3n) is 5.78. The van der Waals surface area contributed by atoms with E-state index in [1.807, 2.05) is 44.2 Å². The molecule has 0 atom stereocenters. The van der Waals surface area contributed by atoms with Crippen LogP contribution in [0, 0.1) is 5.82 Å². The number of hydrogen-bond donors (Lipinski definition) is 1. The summed E-state index contributed by atoms with van der Waals surface area (Å²) in [6.45, 7) is 4.33. The molecule has 0 bridgehead atoms. The highest BCUT2D eigenvalue weighted by molar-refractivity contribution is 5.77. The molecule has 1 N–H and O–H groups in total. The van der Waals surface area contributed by atoms with E-state index in [0.717, 1.165) is 11.1 Å². The van der Waals surface area contributed by atoms with Crippen molar-refractivity contribution < 1.29 is 33.4 Å². The van der Waals surface area contributed by atoms with Gasteiger partial charge in [0.15, 0.2) is 0 Å². The maximum absolute atomic E-state index is 14.7. The minimum Gasteiger partial charge on any atom is -0.490 e. The molecular formula is C28H28FNO6. The molecule has 0 saturated heterocycles. The fraction of sp³-hybridized carbons (Fsp3) is 0.286. The summed E-state index contributed by atoms with van der Waals surface area (Å²) in [5.41, 5.74) is 4.11. The smallest absolute Gasteiger partial charge is 0.490 e. The summed E-state index contributed by atoms with van der Waals surface area (Å²) >= 11 is 0. The minimum atomic E-state index is -0.940. The highest BCUT2D eigenvalue weighted by atomic mass is 19.1. The molecule has 36 heavy (non-hydrogen) atoms. The van der Waals surface area contributed by atoms with Crippen LogP contribution in [0.3, 0.4) is 0 Å². The van der Waals surface area contributed by atoms with E-state index in [1.54, 1.807) is 24.3 Å². The number of carbonyl (C=O) groups is 2. The fourth-order valence-corrected chi connectivity index (χ4v) is 4.21. The predicted molar refractivity (Wildman–Crippen MR) is 131 cm³/mol. The van der Waals surface area contributed by atoms with Crippen LogP contribution >= 0.6 is 0 Å². The Bertz CT molecular complexity index is 1240. The molecule has 0 unspecified atom stereocenters. The Morgan fingerprint density at radius 3 is 2.47 bits per heavy atom. The van der Waals surface area contributed by atoms with Gasteiger partial charge in [-0.25, -0.2) is 9.18 Å². The number of carboxylic acid groups (broad SMARTS) is 1. The van der Waals surface area contributed by atoms with Crippen LogP contribution in [0.1, 0.15) is 36.1 Å². The molecule has 0 fully saturated rings. The lowest BCUT2D eigenvalue weighted by atomic mass is 9.90. The van der Waals surface area contributed by atoms with Gasteiger partial charge < -0.3 is 19.4 Å². The summed E-state index contributed by atoms with van der Waals surface area (Å²) in [6, 6.07) is 17.6. The molecule has 1 heterocycles. The first-order valence-corrected chi connectivity index (χ1v) is 11.8. The van der Waals surface area contributed by atoms with Crippen molar-refractivity contribution in [2.45, 2.75) is 45.9 Å². The Morgan fingerprint density at radius 1 is 1.00 bits per heavy atom. The van der Waals surface area contributed by atoms with E-state index in [9.17, 15) is 19.1 Å². The van der Waals surface area contributed by atoms with Gasteiger partial charge in [0.25, 0.3) is 0 Å². The van der Waals surface area contributed by atoms with Crippen LogP contribution in [-0.4, -0.2) is 34.9 Å². The molecule has 0 spiro atoms. The first kappa shape index (κ1) is 25.2.